The van der Waals surface area contributed by atoms with Crippen LogP contribution in [0.5, 0.6) is 0 Å². The largest absolute Gasteiger partial charge is 2.00 e. The minimum atomic E-state index is -3.58. The van der Waals surface area contributed by atoms with E-state index in [1.54, 1.807) is 0 Å². The van der Waals surface area contributed by atoms with Gasteiger partial charge in [-0.3, -0.25) is 8.42 Å². The summed E-state index contributed by atoms with van der Waals surface area (Å²) in [4.78, 5) is 0. The van der Waals surface area contributed by atoms with E-state index in [9.17, 15) is 35.1 Å². The molecule has 0 rings (SSSR count). The number of hydrogen-bond acceptors (Lipinski definition) is 4. The van der Waals surface area contributed by atoms with E-state index >= 15 is 0 Å². The Kier molecular flexibility index (Phi) is 11.1. The van der Waals surface area contributed by atoms with Crippen LogP contribution < -0.4 is 0 Å². The summed E-state index contributed by atoms with van der Waals surface area (Å²) in [6.45, 7) is 0.631. The first-order valence-corrected chi connectivity index (χ1v) is 4.98. The molecule has 11 heteroatoms. The standard InChI is InChI=1S/2C2H4F2O2S.Mg/c2*1-2(3,4)7(5)6;/h2*1H3,(H,5,6);/q;;+2/p-2. The summed E-state index contributed by atoms with van der Waals surface area (Å²) in [7, 11) is 0. The first kappa shape index (κ1) is 21.0. The monoisotopic (exact) mass is 282 g/mol. The molecule has 0 fully saturated rings. The third kappa shape index (κ3) is 14.7. The Bertz CT molecular complexity index is 202. The predicted molar refractivity (Wildman–Crippen MR) is 44.8 cm³/mol. The van der Waals surface area contributed by atoms with Crippen molar-refractivity contribution in [3.63, 3.8) is 0 Å². The van der Waals surface area contributed by atoms with Crippen LogP contribution in [0.1, 0.15) is 13.8 Å². The maximum Gasteiger partial charge on any atom is 2.00 e. The Labute approximate surface area is 105 Å². The van der Waals surface area contributed by atoms with Crippen LogP contribution in [0.4, 0.5) is 17.6 Å². The molecule has 0 radical (unpaired) electrons. The van der Waals surface area contributed by atoms with Crippen molar-refractivity contribution in [1.29, 1.82) is 0 Å². The zero-order valence-electron chi connectivity index (χ0n) is 7.67. The van der Waals surface area contributed by atoms with Crippen LogP contribution in [0.15, 0.2) is 0 Å². The summed E-state index contributed by atoms with van der Waals surface area (Å²) >= 11 is -6.53. The van der Waals surface area contributed by atoms with E-state index in [0.717, 1.165) is 0 Å². The summed E-state index contributed by atoms with van der Waals surface area (Å²) in [6.07, 6.45) is 0. The summed E-state index contributed by atoms with van der Waals surface area (Å²) in [5.74, 6) is 0. The smallest absolute Gasteiger partial charge is 0.768 e. The quantitative estimate of drug-likeness (QED) is 0.421. The van der Waals surface area contributed by atoms with E-state index in [2.05, 4.69) is 0 Å². The maximum absolute atomic E-state index is 11.2. The molecule has 0 aromatic carbocycles. The van der Waals surface area contributed by atoms with Gasteiger partial charge in [0.05, 0.1) is 0 Å². The van der Waals surface area contributed by atoms with E-state index < -0.39 is 32.7 Å². The van der Waals surface area contributed by atoms with Gasteiger partial charge in [-0.2, -0.15) is 17.6 Å². The third-order valence-electron chi connectivity index (χ3n) is 0.585. The average molecular weight is 283 g/mol. The predicted octanol–water partition coefficient (Wildman–Crippen LogP) is 0.576. The van der Waals surface area contributed by atoms with Crippen molar-refractivity contribution in [3.05, 3.63) is 0 Å². The molecule has 4 nitrogen and oxygen atoms in total. The molecule has 0 saturated carbocycles. The molecule has 2 unspecified atom stereocenters. The van der Waals surface area contributed by atoms with Gasteiger partial charge in [-0.25, -0.2) is 0 Å². The SMILES string of the molecule is CC(F)(F)S(=O)[O-].CC(F)(F)S(=O)[O-].[Mg+2]. The molecule has 0 bridgehead atoms. The molecule has 0 aliphatic heterocycles. The molecule has 88 valence electrons. The van der Waals surface area contributed by atoms with Crippen LogP contribution in [0, 0.1) is 0 Å². The fourth-order valence-electron chi connectivity index (χ4n) is 0. The van der Waals surface area contributed by atoms with Gasteiger partial charge in [0.15, 0.2) is 0 Å². The molecule has 15 heavy (non-hydrogen) atoms. The Morgan fingerprint density at radius 2 is 0.933 bits per heavy atom. The Morgan fingerprint density at radius 1 is 0.867 bits per heavy atom. The van der Waals surface area contributed by atoms with Crippen LogP contribution in [0.3, 0.4) is 0 Å². The van der Waals surface area contributed by atoms with Crippen molar-refractivity contribution < 1.29 is 35.1 Å². The van der Waals surface area contributed by atoms with E-state index in [4.69, 9.17) is 0 Å². The molecule has 2 atom stereocenters. The molecule has 0 amide bonds. The molecule has 0 aliphatic rings. The minimum Gasteiger partial charge on any atom is -0.768 e. The van der Waals surface area contributed by atoms with Crippen molar-refractivity contribution in [3.8, 4) is 0 Å². The van der Waals surface area contributed by atoms with Gasteiger partial charge in [-0.1, -0.05) is 0 Å². The minimum absolute atomic E-state index is 0. The topological polar surface area (TPSA) is 80.3 Å². The first-order chi connectivity index (χ1) is 5.89. The Hall–Kier alpha value is 0.706. The maximum atomic E-state index is 11.2. The number of halogens is 4. The van der Waals surface area contributed by atoms with E-state index in [1.807, 2.05) is 0 Å². The Morgan fingerprint density at radius 3 is 0.933 bits per heavy atom. The second kappa shape index (κ2) is 7.90. The van der Waals surface area contributed by atoms with Gasteiger partial charge in [0.2, 0.25) is 0 Å². The molecular weight excluding hydrogens is 276 g/mol. The van der Waals surface area contributed by atoms with Gasteiger partial charge in [-0.05, 0) is 0 Å². The summed E-state index contributed by atoms with van der Waals surface area (Å²) in [5.41, 5.74) is 0. The van der Waals surface area contributed by atoms with Gasteiger partial charge in [0, 0.05) is 36.0 Å². The molecule has 0 aromatic rings. The molecule has 0 spiro atoms. The number of rotatable bonds is 2. The molecular formula is C4H6F4MgO4S2. The van der Waals surface area contributed by atoms with Crippen molar-refractivity contribution in [2.45, 2.75) is 24.4 Å². The number of hydrogen-bond donors (Lipinski definition) is 0. The van der Waals surface area contributed by atoms with Gasteiger partial charge < -0.3 is 9.11 Å². The summed E-state index contributed by atoms with van der Waals surface area (Å²) in [6, 6.07) is 0. The van der Waals surface area contributed by atoms with Crippen LogP contribution in [0.25, 0.3) is 0 Å². The molecule has 0 saturated heterocycles. The molecule has 0 aliphatic carbocycles. The van der Waals surface area contributed by atoms with E-state index in [0.29, 0.717) is 13.8 Å². The van der Waals surface area contributed by atoms with Crippen LogP contribution >= 0.6 is 0 Å². The van der Waals surface area contributed by atoms with Crippen molar-refractivity contribution >= 4 is 45.2 Å². The fraction of sp³-hybridized carbons (Fsp3) is 1.00. The van der Waals surface area contributed by atoms with Gasteiger partial charge in [0.1, 0.15) is 0 Å². The van der Waals surface area contributed by atoms with Crippen molar-refractivity contribution in [1.82, 2.24) is 0 Å². The van der Waals surface area contributed by atoms with Crippen molar-refractivity contribution in [2.24, 2.45) is 0 Å². The van der Waals surface area contributed by atoms with Crippen LogP contribution in [-0.4, -0.2) is 51.1 Å². The van der Waals surface area contributed by atoms with Gasteiger partial charge in [-0.15, -0.1) is 0 Å². The van der Waals surface area contributed by atoms with Crippen molar-refractivity contribution in [2.75, 3.05) is 0 Å². The van der Waals surface area contributed by atoms with Crippen LogP contribution in [0.2, 0.25) is 0 Å². The zero-order valence-corrected chi connectivity index (χ0v) is 10.7. The third-order valence-corrected chi connectivity index (χ3v) is 1.76. The second-order valence-corrected chi connectivity index (χ2v) is 4.46. The fourth-order valence-corrected chi connectivity index (χ4v) is 0. The molecule has 0 heterocycles. The number of alkyl halides is 4. The zero-order chi connectivity index (χ0) is 12.2. The average Bonchev–Trinajstić information content (AvgIpc) is 1.83. The second-order valence-electron chi connectivity index (χ2n) is 2.09. The summed E-state index contributed by atoms with van der Waals surface area (Å²) in [5, 5.41) is -7.17. The summed E-state index contributed by atoms with van der Waals surface area (Å²) < 4.78 is 82.0. The van der Waals surface area contributed by atoms with Gasteiger partial charge in [0.25, 0.3) is 0 Å². The first-order valence-electron chi connectivity index (χ1n) is 2.83. The van der Waals surface area contributed by atoms with Crippen LogP contribution in [-0.2, 0) is 22.2 Å². The Balaban J connectivity index is -0.000000180. The molecule has 0 aromatic heterocycles. The van der Waals surface area contributed by atoms with E-state index in [1.165, 1.54) is 0 Å². The van der Waals surface area contributed by atoms with E-state index in [-0.39, 0.29) is 23.1 Å². The normalized spacial score (nSPS) is 15.5. The molecule has 0 N–H and O–H groups in total. The van der Waals surface area contributed by atoms with Gasteiger partial charge >= 0.3 is 33.6 Å².